The van der Waals surface area contributed by atoms with Crippen molar-refractivity contribution in [1.29, 1.82) is 0 Å². The predicted octanol–water partition coefficient (Wildman–Crippen LogP) is 1.69. The number of aromatic amines is 1. The number of hydrogen-bond acceptors (Lipinski definition) is 5. The Labute approximate surface area is 112 Å². The molecule has 2 atom stereocenters. The quantitative estimate of drug-likeness (QED) is 0.859. The van der Waals surface area contributed by atoms with E-state index in [0.29, 0.717) is 11.8 Å². The average Bonchev–Trinajstić information content (AvgIpc) is 3.01. The van der Waals surface area contributed by atoms with Gasteiger partial charge in [0.2, 0.25) is 5.95 Å². The molecule has 2 unspecified atom stereocenters. The lowest BCUT2D eigenvalue weighted by atomic mass is 9.99. The summed E-state index contributed by atoms with van der Waals surface area (Å²) in [5.74, 6) is 2.12. The van der Waals surface area contributed by atoms with E-state index in [1.807, 2.05) is 13.0 Å². The summed E-state index contributed by atoms with van der Waals surface area (Å²) in [5.41, 5.74) is 7.15. The van der Waals surface area contributed by atoms with Gasteiger partial charge in [-0.1, -0.05) is 0 Å². The van der Waals surface area contributed by atoms with Crippen LogP contribution >= 0.6 is 0 Å². The number of nitrogens with two attached hydrogens (primary N) is 1. The molecule has 1 fully saturated rings. The number of piperidine rings is 1. The van der Waals surface area contributed by atoms with Crippen molar-refractivity contribution in [3.63, 3.8) is 0 Å². The van der Waals surface area contributed by atoms with E-state index in [0.717, 1.165) is 30.7 Å². The first-order valence-corrected chi connectivity index (χ1v) is 6.66. The van der Waals surface area contributed by atoms with Gasteiger partial charge in [0.25, 0.3) is 0 Å². The Morgan fingerprint density at radius 3 is 3.11 bits per heavy atom. The Morgan fingerprint density at radius 2 is 2.37 bits per heavy atom. The molecule has 0 bridgehead atoms. The Hall–Kier alpha value is -1.82. The van der Waals surface area contributed by atoms with Crippen LogP contribution < -0.4 is 10.6 Å². The maximum atomic E-state index is 6.11. The van der Waals surface area contributed by atoms with Crippen molar-refractivity contribution in [1.82, 2.24) is 15.2 Å². The van der Waals surface area contributed by atoms with Crippen LogP contribution in [0, 0.1) is 6.92 Å². The summed E-state index contributed by atoms with van der Waals surface area (Å²) in [7, 11) is 0. The standard InChI is InChI=1S/C13H19N5O/c1-8-5-7-19-11(8)12-15-13(17-16-12)18-6-3-4-10(14)9(18)2/h5,7,9-10H,3-4,6,14H2,1-2H3,(H,15,16,17). The minimum atomic E-state index is 0.182. The summed E-state index contributed by atoms with van der Waals surface area (Å²) in [6.07, 6.45) is 3.80. The number of anilines is 1. The first-order valence-electron chi connectivity index (χ1n) is 6.66. The van der Waals surface area contributed by atoms with Gasteiger partial charge in [0.05, 0.1) is 6.26 Å². The van der Waals surface area contributed by atoms with Crippen molar-refractivity contribution in [2.45, 2.75) is 38.8 Å². The van der Waals surface area contributed by atoms with Gasteiger partial charge >= 0.3 is 0 Å². The van der Waals surface area contributed by atoms with Gasteiger partial charge in [-0.3, -0.25) is 5.10 Å². The maximum Gasteiger partial charge on any atom is 0.245 e. The molecule has 19 heavy (non-hydrogen) atoms. The number of nitrogens with one attached hydrogen (secondary N) is 1. The van der Waals surface area contributed by atoms with E-state index < -0.39 is 0 Å². The number of rotatable bonds is 2. The number of aromatic nitrogens is 3. The van der Waals surface area contributed by atoms with Gasteiger partial charge in [0.15, 0.2) is 11.6 Å². The van der Waals surface area contributed by atoms with Crippen molar-refractivity contribution >= 4 is 5.95 Å². The van der Waals surface area contributed by atoms with Crippen LogP contribution in [0.5, 0.6) is 0 Å². The van der Waals surface area contributed by atoms with Gasteiger partial charge in [-0.15, -0.1) is 5.10 Å². The third-order valence-corrected chi connectivity index (χ3v) is 3.86. The summed E-state index contributed by atoms with van der Waals surface area (Å²) in [6, 6.07) is 2.35. The van der Waals surface area contributed by atoms with Crippen LogP contribution in [-0.2, 0) is 0 Å². The Kier molecular flexibility index (Phi) is 3.02. The molecule has 1 aliphatic heterocycles. The molecule has 0 aliphatic carbocycles. The molecule has 1 saturated heterocycles. The fourth-order valence-corrected chi connectivity index (χ4v) is 2.55. The summed E-state index contributed by atoms with van der Waals surface area (Å²) in [4.78, 5) is 6.69. The molecule has 6 heteroatoms. The van der Waals surface area contributed by atoms with Crippen LogP contribution in [0.1, 0.15) is 25.3 Å². The third kappa shape index (κ3) is 2.12. The monoisotopic (exact) mass is 261 g/mol. The Balaban J connectivity index is 1.87. The van der Waals surface area contributed by atoms with Crippen molar-refractivity contribution in [3.8, 4) is 11.6 Å². The third-order valence-electron chi connectivity index (χ3n) is 3.86. The molecule has 0 radical (unpaired) electrons. The highest BCUT2D eigenvalue weighted by Gasteiger charge is 2.28. The number of H-pyrrole nitrogens is 1. The first-order chi connectivity index (χ1) is 9.16. The average molecular weight is 261 g/mol. The fraction of sp³-hybridized carbons (Fsp3) is 0.538. The lowest BCUT2D eigenvalue weighted by Crippen LogP contribution is -2.50. The molecule has 0 aromatic carbocycles. The second kappa shape index (κ2) is 4.70. The molecule has 2 aromatic heterocycles. The zero-order chi connectivity index (χ0) is 13.4. The van der Waals surface area contributed by atoms with Crippen LogP contribution in [0.4, 0.5) is 5.95 Å². The van der Waals surface area contributed by atoms with Crippen molar-refractivity contribution in [2.75, 3.05) is 11.4 Å². The van der Waals surface area contributed by atoms with E-state index >= 15 is 0 Å². The Morgan fingerprint density at radius 1 is 1.53 bits per heavy atom. The lowest BCUT2D eigenvalue weighted by Gasteiger charge is -2.36. The van der Waals surface area contributed by atoms with E-state index in [4.69, 9.17) is 10.2 Å². The minimum Gasteiger partial charge on any atom is -0.461 e. The van der Waals surface area contributed by atoms with Crippen molar-refractivity contribution in [2.24, 2.45) is 5.73 Å². The molecule has 3 rings (SSSR count). The van der Waals surface area contributed by atoms with Crippen LogP contribution in [0.25, 0.3) is 11.6 Å². The molecule has 3 heterocycles. The highest BCUT2D eigenvalue weighted by Crippen LogP contribution is 2.25. The molecule has 0 saturated carbocycles. The molecular weight excluding hydrogens is 242 g/mol. The van der Waals surface area contributed by atoms with E-state index in [1.165, 1.54) is 0 Å². The molecule has 0 spiro atoms. The van der Waals surface area contributed by atoms with Crippen molar-refractivity contribution < 1.29 is 4.42 Å². The topological polar surface area (TPSA) is 84.0 Å². The van der Waals surface area contributed by atoms with Gasteiger partial charge in [-0.05, 0) is 38.3 Å². The maximum absolute atomic E-state index is 6.11. The Bertz CT molecular complexity index is 561. The van der Waals surface area contributed by atoms with E-state index in [1.54, 1.807) is 6.26 Å². The van der Waals surface area contributed by atoms with Crippen LogP contribution in [0.2, 0.25) is 0 Å². The molecular formula is C13H19N5O. The number of aryl methyl sites for hydroxylation is 1. The van der Waals surface area contributed by atoms with Gasteiger partial charge in [-0.25, -0.2) is 0 Å². The summed E-state index contributed by atoms with van der Waals surface area (Å²) in [6.45, 7) is 5.06. The SMILES string of the molecule is Cc1ccoc1-c1nc(N2CCCC(N)C2C)n[nH]1. The molecule has 6 nitrogen and oxygen atoms in total. The molecule has 3 N–H and O–H groups in total. The summed E-state index contributed by atoms with van der Waals surface area (Å²) < 4.78 is 5.42. The van der Waals surface area contributed by atoms with Gasteiger partial charge in [0.1, 0.15) is 0 Å². The predicted molar refractivity (Wildman–Crippen MR) is 72.8 cm³/mol. The van der Waals surface area contributed by atoms with Crippen molar-refractivity contribution in [3.05, 3.63) is 17.9 Å². The summed E-state index contributed by atoms with van der Waals surface area (Å²) >= 11 is 0. The lowest BCUT2D eigenvalue weighted by molar-refractivity contribution is 0.416. The van der Waals surface area contributed by atoms with E-state index in [-0.39, 0.29) is 12.1 Å². The zero-order valence-electron chi connectivity index (χ0n) is 11.3. The largest absolute Gasteiger partial charge is 0.461 e. The first kappa shape index (κ1) is 12.2. The molecule has 2 aromatic rings. The molecule has 0 amide bonds. The van der Waals surface area contributed by atoms with Gasteiger partial charge in [-0.2, -0.15) is 4.98 Å². The van der Waals surface area contributed by atoms with Crippen LogP contribution in [0.3, 0.4) is 0 Å². The minimum absolute atomic E-state index is 0.182. The van der Waals surface area contributed by atoms with E-state index in [9.17, 15) is 0 Å². The highest BCUT2D eigenvalue weighted by atomic mass is 16.3. The number of furan rings is 1. The second-order valence-corrected chi connectivity index (χ2v) is 5.16. The number of hydrogen-bond donors (Lipinski definition) is 2. The van der Waals surface area contributed by atoms with E-state index in [2.05, 4.69) is 27.0 Å². The fourth-order valence-electron chi connectivity index (χ4n) is 2.55. The van der Waals surface area contributed by atoms with Crippen LogP contribution in [0.15, 0.2) is 16.7 Å². The van der Waals surface area contributed by atoms with Gasteiger partial charge < -0.3 is 15.1 Å². The van der Waals surface area contributed by atoms with Crippen LogP contribution in [-0.4, -0.2) is 33.8 Å². The molecule has 1 aliphatic rings. The second-order valence-electron chi connectivity index (χ2n) is 5.16. The zero-order valence-corrected chi connectivity index (χ0v) is 11.3. The molecule has 102 valence electrons. The normalized spacial score (nSPS) is 23.8. The number of nitrogens with zero attached hydrogens (tertiary/aromatic N) is 3. The smallest absolute Gasteiger partial charge is 0.245 e. The highest BCUT2D eigenvalue weighted by molar-refractivity contribution is 5.54. The van der Waals surface area contributed by atoms with Gasteiger partial charge in [0, 0.05) is 18.6 Å². The summed E-state index contributed by atoms with van der Waals surface area (Å²) in [5, 5.41) is 7.24.